The molecule has 1 rings (SSSR count). The van der Waals surface area contributed by atoms with Gasteiger partial charge in [-0.2, -0.15) is 11.8 Å². The maximum Gasteiger partial charge on any atom is 0.309 e. The molecule has 0 spiro atoms. The zero-order chi connectivity index (χ0) is 12.8. The molecule has 1 unspecified atom stereocenters. The zero-order valence-corrected chi connectivity index (χ0v) is 12.9. The van der Waals surface area contributed by atoms with Gasteiger partial charge in [0, 0.05) is 21.0 Å². The number of hydrogen-bond acceptors (Lipinski definition) is 3. The van der Waals surface area contributed by atoms with E-state index in [9.17, 15) is 4.79 Å². The summed E-state index contributed by atoms with van der Waals surface area (Å²) >= 11 is 11.1. The minimum absolute atomic E-state index is 0.0841. The Kier molecular flexibility index (Phi) is 6.38. The lowest BCUT2D eigenvalue weighted by Gasteiger charge is -2.09. The van der Waals surface area contributed by atoms with Gasteiger partial charge in [0.1, 0.15) is 0 Å². The highest BCUT2D eigenvalue weighted by Crippen LogP contribution is 2.25. The summed E-state index contributed by atoms with van der Waals surface area (Å²) in [5.41, 5.74) is 1.08. The highest BCUT2D eigenvalue weighted by atomic mass is 79.9. The van der Waals surface area contributed by atoms with Gasteiger partial charge in [-0.05, 0) is 17.7 Å². The van der Waals surface area contributed by atoms with Crippen molar-refractivity contribution in [2.45, 2.75) is 12.7 Å². The molecule has 1 aromatic carbocycles. The first-order valence-electron chi connectivity index (χ1n) is 5.14. The average Bonchev–Trinajstić information content (AvgIpc) is 2.30. The summed E-state index contributed by atoms with van der Waals surface area (Å²) in [6, 6.07) is 5.83. The van der Waals surface area contributed by atoms with Crippen LogP contribution in [-0.4, -0.2) is 18.8 Å². The van der Waals surface area contributed by atoms with Crippen molar-refractivity contribution >= 4 is 45.3 Å². The number of carbonyl (C=O) groups is 1. The van der Waals surface area contributed by atoms with Gasteiger partial charge in [0.05, 0.1) is 13.0 Å². The van der Waals surface area contributed by atoms with Crippen LogP contribution in [0.4, 0.5) is 0 Å². The van der Waals surface area contributed by atoms with Crippen molar-refractivity contribution in [1.82, 2.24) is 0 Å². The number of methoxy groups -OCH3 is 1. The van der Waals surface area contributed by atoms with Crippen molar-refractivity contribution in [2.24, 2.45) is 5.92 Å². The fourth-order valence-electron chi connectivity index (χ4n) is 1.25. The largest absolute Gasteiger partial charge is 0.469 e. The first-order valence-corrected chi connectivity index (χ1v) is 7.46. The van der Waals surface area contributed by atoms with Crippen molar-refractivity contribution in [3.05, 3.63) is 33.3 Å². The van der Waals surface area contributed by atoms with Crippen LogP contribution < -0.4 is 0 Å². The Balaban J connectivity index is 2.43. The molecule has 0 aliphatic rings. The van der Waals surface area contributed by atoms with E-state index in [2.05, 4.69) is 20.7 Å². The second-order valence-electron chi connectivity index (χ2n) is 3.68. The van der Waals surface area contributed by atoms with Crippen LogP contribution in [0.5, 0.6) is 0 Å². The number of esters is 1. The molecule has 0 amide bonds. The van der Waals surface area contributed by atoms with E-state index in [0.29, 0.717) is 0 Å². The second kappa shape index (κ2) is 7.29. The normalized spacial score (nSPS) is 12.2. The third kappa shape index (κ3) is 4.90. The molecule has 17 heavy (non-hydrogen) atoms. The Bertz CT molecular complexity index is 398. The van der Waals surface area contributed by atoms with Gasteiger partial charge < -0.3 is 4.74 Å². The third-order valence-electron chi connectivity index (χ3n) is 2.24. The molecule has 0 aromatic heterocycles. The van der Waals surface area contributed by atoms with Crippen LogP contribution in [0.2, 0.25) is 5.02 Å². The predicted molar refractivity (Wildman–Crippen MR) is 76.5 cm³/mol. The highest BCUT2D eigenvalue weighted by Gasteiger charge is 2.13. The van der Waals surface area contributed by atoms with Gasteiger partial charge in [-0.1, -0.05) is 40.5 Å². The summed E-state index contributed by atoms with van der Waals surface area (Å²) in [5, 5.41) is 0.748. The third-order valence-corrected chi connectivity index (χ3v) is 4.34. The van der Waals surface area contributed by atoms with Crippen LogP contribution in [0.1, 0.15) is 12.5 Å². The van der Waals surface area contributed by atoms with Crippen molar-refractivity contribution < 1.29 is 9.53 Å². The summed E-state index contributed by atoms with van der Waals surface area (Å²) in [6.45, 7) is 1.86. The van der Waals surface area contributed by atoms with Gasteiger partial charge >= 0.3 is 5.97 Å². The fourth-order valence-corrected chi connectivity index (χ4v) is 3.15. The highest BCUT2D eigenvalue weighted by molar-refractivity contribution is 9.10. The molecule has 1 aromatic rings. The molecule has 0 aliphatic heterocycles. The molecule has 1 atom stereocenters. The topological polar surface area (TPSA) is 26.3 Å². The van der Waals surface area contributed by atoms with Crippen LogP contribution in [0.15, 0.2) is 22.7 Å². The van der Waals surface area contributed by atoms with Gasteiger partial charge in [0.15, 0.2) is 0 Å². The Hall–Kier alpha value is -0.190. The summed E-state index contributed by atoms with van der Waals surface area (Å²) in [7, 11) is 1.41. The molecular weight excluding hydrogens is 324 g/mol. The van der Waals surface area contributed by atoms with Crippen LogP contribution in [0, 0.1) is 5.92 Å². The van der Waals surface area contributed by atoms with Crippen molar-refractivity contribution in [3.63, 3.8) is 0 Å². The standard InChI is InChI=1S/C12H14BrClO2S/c1-8(12(15)16-2)6-17-7-9-3-4-10(13)5-11(9)14/h3-5,8H,6-7H2,1-2H3. The minimum atomic E-state index is -0.167. The summed E-state index contributed by atoms with van der Waals surface area (Å²) in [6.07, 6.45) is 0. The fraction of sp³-hybridized carbons (Fsp3) is 0.417. The van der Waals surface area contributed by atoms with Gasteiger partial charge in [0.2, 0.25) is 0 Å². The number of ether oxygens (including phenoxy) is 1. The van der Waals surface area contributed by atoms with Crippen LogP contribution in [-0.2, 0) is 15.3 Å². The number of carbonyl (C=O) groups excluding carboxylic acids is 1. The molecule has 2 nitrogen and oxygen atoms in total. The second-order valence-corrected chi connectivity index (χ2v) is 6.03. The quantitative estimate of drug-likeness (QED) is 0.755. The molecule has 0 radical (unpaired) electrons. The molecule has 0 bridgehead atoms. The van der Waals surface area contributed by atoms with E-state index in [1.807, 2.05) is 25.1 Å². The lowest BCUT2D eigenvalue weighted by Crippen LogP contribution is -2.14. The lowest BCUT2D eigenvalue weighted by molar-refractivity contribution is -0.143. The molecule has 0 saturated carbocycles. The molecule has 0 heterocycles. The maximum atomic E-state index is 11.2. The lowest BCUT2D eigenvalue weighted by atomic mass is 10.2. The molecular formula is C12H14BrClO2S. The molecule has 5 heteroatoms. The Morgan fingerprint density at radius 2 is 2.29 bits per heavy atom. The maximum absolute atomic E-state index is 11.2. The van der Waals surface area contributed by atoms with E-state index >= 15 is 0 Å². The first-order chi connectivity index (χ1) is 8.04. The first kappa shape index (κ1) is 14.9. The number of rotatable bonds is 5. The van der Waals surface area contributed by atoms with E-state index in [1.165, 1.54) is 7.11 Å². The number of benzene rings is 1. The van der Waals surface area contributed by atoms with Gasteiger partial charge in [-0.3, -0.25) is 4.79 Å². The SMILES string of the molecule is COC(=O)C(C)CSCc1ccc(Br)cc1Cl. The Morgan fingerprint density at radius 3 is 2.88 bits per heavy atom. The molecule has 0 N–H and O–H groups in total. The van der Waals surface area contributed by atoms with E-state index in [0.717, 1.165) is 26.6 Å². The van der Waals surface area contributed by atoms with E-state index < -0.39 is 0 Å². The van der Waals surface area contributed by atoms with Crippen molar-refractivity contribution in [1.29, 1.82) is 0 Å². The van der Waals surface area contributed by atoms with Gasteiger partial charge in [-0.15, -0.1) is 0 Å². The number of hydrogen-bond donors (Lipinski definition) is 0. The van der Waals surface area contributed by atoms with Gasteiger partial charge in [-0.25, -0.2) is 0 Å². The predicted octanol–water partition coefficient (Wildman–Crippen LogP) is 4.14. The van der Waals surface area contributed by atoms with Crippen molar-refractivity contribution in [3.8, 4) is 0 Å². The minimum Gasteiger partial charge on any atom is -0.469 e. The zero-order valence-electron chi connectivity index (χ0n) is 9.70. The monoisotopic (exact) mass is 336 g/mol. The van der Waals surface area contributed by atoms with E-state index in [1.54, 1.807) is 11.8 Å². The Morgan fingerprint density at radius 1 is 1.59 bits per heavy atom. The molecule has 0 aliphatic carbocycles. The Labute approximate surface area is 119 Å². The van der Waals surface area contributed by atoms with E-state index in [-0.39, 0.29) is 11.9 Å². The van der Waals surface area contributed by atoms with Crippen LogP contribution >= 0.6 is 39.3 Å². The summed E-state index contributed by atoms with van der Waals surface area (Å²) in [5.74, 6) is 1.28. The van der Waals surface area contributed by atoms with E-state index in [4.69, 9.17) is 11.6 Å². The van der Waals surface area contributed by atoms with Crippen molar-refractivity contribution in [2.75, 3.05) is 12.9 Å². The molecule has 0 fully saturated rings. The number of halogens is 2. The summed E-state index contributed by atoms with van der Waals surface area (Å²) < 4.78 is 5.64. The number of thioether (sulfide) groups is 1. The van der Waals surface area contributed by atoms with Gasteiger partial charge in [0.25, 0.3) is 0 Å². The van der Waals surface area contributed by atoms with Crippen LogP contribution in [0.25, 0.3) is 0 Å². The van der Waals surface area contributed by atoms with Crippen LogP contribution in [0.3, 0.4) is 0 Å². The molecule has 0 saturated heterocycles. The average molecular weight is 338 g/mol. The summed E-state index contributed by atoms with van der Waals surface area (Å²) in [4.78, 5) is 11.2. The smallest absolute Gasteiger partial charge is 0.309 e. The molecule has 94 valence electrons.